The second-order valence-corrected chi connectivity index (χ2v) is 6.85. The minimum atomic E-state index is -4.45. The van der Waals surface area contributed by atoms with E-state index in [0.29, 0.717) is 12.1 Å². The highest BCUT2D eigenvalue weighted by Gasteiger charge is 2.32. The SMILES string of the molecule is O=c1[nH]ncn1Cc1cc2cc(-c3ccc(C(F)(F)F)nc3)ccc2s1. The zero-order valence-corrected chi connectivity index (χ0v) is 13.9. The fraction of sp³-hybridized carbons (Fsp3) is 0.118. The summed E-state index contributed by atoms with van der Waals surface area (Å²) < 4.78 is 40.4. The van der Waals surface area contributed by atoms with Crippen LogP contribution in [0.2, 0.25) is 0 Å². The molecule has 4 rings (SSSR count). The summed E-state index contributed by atoms with van der Waals surface area (Å²) in [5, 5.41) is 6.99. The Morgan fingerprint density at radius 2 is 1.92 bits per heavy atom. The van der Waals surface area contributed by atoms with Crippen molar-refractivity contribution in [2.75, 3.05) is 0 Å². The Hall–Kier alpha value is -2.94. The number of benzene rings is 1. The van der Waals surface area contributed by atoms with Gasteiger partial charge >= 0.3 is 11.9 Å². The topological polar surface area (TPSA) is 63.6 Å². The second kappa shape index (κ2) is 6.10. The molecule has 3 aromatic heterocycles. The molecule has 0 unspecified atom stereocenters. The van der Waals surface area contributed by atoms with Crippen molar-refractivity contribution in [3.63, 3.8) is 0 Å². The normalized spacial score (nSPS) is 12.0. The largest absolute Gasteiger partial charge is 0.433 e. The number of fused-ring (bicyclic) bond motifs is 1. The Labute approximate surface area is 148 Å². The number of aromatic nitrogens is 4. The number of aromatic amines is 1. The molecule has 4 aromatic rings. The molecule has 0 radical (unpaired) electrons. The average Bonchev–Trinajstić information content (AvgIpc) is 3.19. The van der Waals surface area contributed by atoms with Gasteiger partial charge in [0.2, 0.25) is 0 Å². The molecule has 132 valence electrons. The van der Waals surface area contributed by atoms with Crippen molar-refractivity contribution >= 4 is 21.4 Å². The van der Waals surface area contributed by atoms with Crippen molar-refractivity contribution in [1.29, 1.82) is 0 Å². The first-order valence-corrected chi connectivity index (χ1v) is 8.38. The summed E-state index contributed by atoms with van der Waals surface area (Å²) in [6.45, 7) is 0.409. The van der Waals surface area contributed by atoms with Crippen molar-refractivity contribution in [1.82, 2.24) is 19.7 Å². The minimum absolute atomic E-state index is 0.279. The van der Waals surface area contributed by atoms with Crippen molar-refractivity contribution in [3.8, 4) is 11.1 Å². The molecule has 0 saturated heterocycles. The highest BCUT2D eigenvalue weighted by molar-refractivity contribution is 7.19. The third-order valence-electron chi connectivity index (χ3n) is 3.90. The zero-order chi connectivity index (χ0) is 18.3. The fourth-order valence-corrected chi connectivity index (χ4v) is 3.68. The molecule has 5 nitrogen and oxygen atoms in total. The molecule has 9 heteroatoms. The van der Waals surface area contributed by atoms with Crippen LogP contribution >= 0.6 is 11.3 Å². The number of alkyl halides is 3. The third-order valence-corrected chi connectivity index (χ3v) is 5.00. The van der Waals surface area contributed by atoms with E-state index in [2.05, 4.69) is 15.2 Å². The van der Waals surface area contributed by atoms with Crippen molar-refractivity contribution in [2.24, 2.45) is 0 Å². The van der Waals surface area contributed by atoms with Crippen LogP contribution in [0.4, 0.5) is 13.2 Å². The standard InChI is InChI=1S/C17H11F3N4OS/c18-17(19,20)15-4-2-11(7-21-15)10-1-3-14-12(5-10)6-13(26-14)8-24-9-22-23-16(24)25/h1-7,9H,8H2,(H,23,25). The summed E-state index contributed by atoms with van der Waals surface area (Å²) in [6, 6.07) is 10.0. The van der Waals surface area contributed by atoms with Crippen LogP contribution in [0.25, 0.3) is 21.2 Å². The van der Waals surface area contributed by atoms with Crippen LogP contribution in [0.15, 0.2) is 53.7 Å². The first-order valence-electron chi connectivity index (χ1n) is 7.56. The summed E-state index contributed by atoms with van der Waals surface area (Å²) in [6.07, 6.45) is -1.79. The third kappa shape index (κ3) is 3.13. The molecule has 0 fully saturated rings. The Morgan fingerprint density at radius 3 is 2.58 bits per heavy atom. The number of H-pyrrole nitrogens is 1. The van der Waals surface area contributed by atoms with E-state index in [0.717, 1.165) is 26.6 Å². The molecule has 0 aliphatic carbocycles. The lowest BCUT2D eigenvalue weighted by molar-refractivity contribution is -0.141. The van der Waals surface area contributed by atoms with Crippen LogP contribution < -0.4 is 5.69 Å². The number of rotatable bonds is 3. The summed E-state index contributed by atoms with van der Waals surface area (Å²) in [5.74, 6) is 0. The molecule has 1 N–H and O–H groups in total. The predicted octanol–water partition coefficient (Wildman–Crippen LogP) is 3.92. The van der Waals surface area contributed by atoms with E-state index >= 15 is 0 Å². The monoisotopic (exact) mass is 376 g/mol. The highest BCUT2D eigenvalue weighted by atomic mass is 32.1. The van der Waals surface area contributed by atoms with Crippen LogP contribution in [0.1, 0.15) is 10.6 Å². The summed E-state index contributed by atoms with van der Waals surface area (Å²) in [5.41, 5.74) is 0.201. The van der Waals surface area contributed by atoms with Gasteiger partial charge < -0.3 is 0 Å². The van der Waals surface area contributed by atoms with E-state index < -0.39 is 11.9 Å². The fourth-order valence-electron chi connectivity index (χ4n) is 2.64. The average molecular weight is 376 g/mol. The highest BCUT2D eigenvalue weighted by Crippen LogP contribution is 2.32. The maximum atomic E-state index is 12.6. The molecule has 0 amide bonds. The van der Waals surface area contributed by atoms with E-state index in [-0.39, 0.29) is 5.69 Å². The van der Waals surface area contributed by atoms with Gasteiger partial charge in [-0.05, 0) is 35.2 Å². The summed E-state index contributed by atoms with van der Waals surface area (Å²) in [7, 11) is 0. The van der Waals surface area contributed by atoms with E-state index in [1.807, 2.05) is 24.3 Å². The first-order chi connectivity index (χ1) is 12.4. The maximum absolute atomic E-state index is 12.6. The molecule has 0 bridgehead atoms. The number of hydrogen-bond acceptors (Lipinski definition) is 4. The van der Waals surface area contributed by atoms with Gasteiger partial charge in [-0.1, -0.05) is 12.1 Å². The Kier molecular flexibility index (Phi) is 3.87. The zero-order valence-electron chi connectivity index (χ0n) is 13.1. The van der Waals surface area contributed by atoms with E-state index in [4.69, 9.17) is 0 Å². The van der Waals surface area contributed by atoms with Gasteiger partial charge in [0, 0.05) is 21.3 Å². The lowest BCUT2D eigenvalue weighted by atomic mass is 10.1. The number of nitrogens with zero attached hydrogens (tertiary/aromatic N) is 3. The van der Waals surface area contributed by atoms with Crippen LogP contribution in [0, 0.1) is 0 Å². The number of nitrogens with one attached hydrogen (secondary N) is 1. The van der Waals surface area contributed by atoms with Crippen LogP contribution in [-0.2, 0) is 12.7 Å². The van der Waals surface area contributed by atoms with E-state index in [1.165, 1.54) is 23.2 Å². The van der Waals surface area contributed by atoms with Crippen LogP contribution in [-0.4, -0.2) is 19.7 Å². The van der Waals surface area contributed by atoms with Gasteiger partial charge in [-0.3, -0.25) is 9.55 Å². The van der Waals surface area contributed by atoms with Gasteiger partial charge in [-0.25, -0.2) is 9.89 Å². The van der Waals surface area contributed by atoms with Crippen molar-refractivity contribution in [3.05, 3.63) is 70.0 Å². The molecule has 0 aliphatic heterocycles. The number of halogens is 3. The second-order valence-electron chi connectivity index (χ2n) is 5.68. The van der Waals surface area contributed by atoms with Gasteiger partial charge in [-0.15, -0.1) is 11.3 Å². The molecule has 26 heavy (non-hydrogen) atoms. The Balaban J connectivity index is 1.65. The molecule has 0 spiro atoms. The number of pyridine rings is 1. The van der Waals surface area contributed by atoms with Gasteiger partial charge in [0.05, 0.1) is 6.54 Å². The van der Waals surface area contributed by atoms with E-state index in [1.54, 1.807) is 11.3 Å². The quantitative estimate of drug-likeness (QED) is 0.590. The van der Waals surface area contributed by atoms with Crippen LogP contribution in [0.3, 0.4) is 0 Å². The van der Waals surface area contributed by atoms with Crippen molar-refractivity contribution < 1.29 is 13.2 Å². The maximum Gasteiger partial charge on any atom is 0.433 e. The lowest BCUT2D eigenvalue weighted by Gasteiger charge is -2.06. The van der Waals surface area contributed by atoms with Crippen molar-refractivity contribution in [2.45, 2.75) is 12.7 Å². The van der Waals surface area contributed by atoms with Crippen LogP contribution in [0.5, 0.6) is 0 Å². The number of hydrogen-bond donors (Lipinski definition) is 1. The smallest absolute Gasteiger partial charge is 0.276 e. The molecule has 0 aliphatic rings. The molecular formula is C17H11F3N4OS. The Morgan fingerprint density at radius 1 is 1.12 bits per heavy atom. The van der Waals surface area contributed by atoms with Gasteiger partial charge in [0.1, 0.15) is 12.0 Å². The van der Waals surface area contributed by atoms with Gasteiger partial charge in [0.15, 0.2) is 0 Å². The minimum Gasteiger partial charge on any atom is -0.276 e. The molecule has 0 saturated carbocycles. The summed E-state index contributed by atoms with van der Waals surface area (Å²) >= 11 is 1.55. The molecular weight excluding hydrogens is 365 g/mol. The van der Waals surface area contributed by atoms with E-state index in [9.17, 15) is 18.0 Å². The first kappa shape index (κ1) is 16.5. The molecule has 3 heterocycles. The lowest BCUT2D eigenvalue weighted by Crippen LogP contribution is -2.16. The van der Waals surface area contributed by atoms with Gasteiger partial charge in [-0.2, -0.15) is 18.3 Å². The Bertz CT molecular complexity index is 1130. The molecule has 0 atom stereocenters. The summed E-state index contributed by atoms with van der Waals surface area (Å²) in [4.78, 5) is 16.0. The predicted molar refractivity (Wildman–Crippen MR) is 92.0 cm³/mol. The van der Waals surface area contributed by atoms with Gasteiger partial charge in [0.25, 0.3) is 0 Å². The molecule has 1 aromatic carbocycles. The number of thiophene rings is 1.